The summed E-state index contributed by atoms with van der Waals surface area (Å²) in [4.78, 5) is 23.5. The number of amides is 1. The van der Waals surface area contributed by atoms with Gasteiger partial charge < -0.3 is 20.3 Å². The molecule has 1 amide bonds. The molecule has 198 valence electrons. The van der Waals surface area contributed by atoms with Gasteiger partial charge in [-0.15, -0.1) is 0 Å². The number of ether oxygens (including phenoxy) is 1. The van der Waals surface area contributed by atoms with Gasteiger partial charge in [0.05, 0.1) is 24.2 Å². The van der Waals surface area contributed by atoms with Crippen LogP contribution in [-0.4, -0.2) is 57.2 Å². The number of likely N-dealkylation sites (tertiary alicyclic amines) is 1. The van der Waals surface area contributed by atoms with Crippen LogP contribution < -0.4 is 15.4 Å². The molecule has 0 radical (unpaired) electrons. The van der Waals surface area contributed by atoms with Gasteiger partial charge in [-0.1, -0.05) is 6.07 Å². The van der Waals surface area contributed by atoms with Crippen molar-refractivity contribution < 1.29 is 18.3 Å². The van der Waals surface area contributed by atoms with Crippen molar-refractivity contribution in [2.24, 2.45) is 0 Å². The van der Waals surface area contributed by atoms with Crippen LogP contribution in [0.5, 0.6) is 5.75 Å². The highest BCUT2D eigenvalue weighted by Crippen LogP contribution is 2.26. The first-order valence-electron chi connectivity index (χ1n) is 12.7. The number of aromatic nitrogens is 4. The number of hydrogen-bond donors (Lipinski definition) is 3. The summed E-state index contributed by atoms with van der Waals surface area (Å²) in [6.45, 7) is 4.22. The third-order valence-corrected chi connectivity index (χ3v) is 6.40. The molecule has 5 rings (SSSR count). The van der Waals surface area contributed by atoms with Gasteiger partial charge in [-0.2, -0.15) is 5.10 Å². The standard InChI is InChI=1S/C27H29F2N7O2/c28-21-6-5-7-22(26(21)29)32-25(37)15-18-14-24(35-34-18)33-27-20-9-8-19(16-23(20)30-17-31-27)38-13-4-3-12-36-10-1-2-11-36/h5-9,14,16-17H,1-4,10-13,15H2,(H,32,37)(H2,30,31,33,34,35). The molecule has 0 saturated carbocycles. The number of H-pyrrole nitrogens is 1. The maximum absolute atomic E-state index is 13.8. The number of hydrogen-bond acceptors (Lipinski definition) is 7. The predicted molar refractivity (Wildman–Crippen MR) is 141 cm³/mol. The minimum Gasteiger partial charge on any atom is -0.494 e. The van der Waals surface area contributed by atoms with E-state index in [4.69, 9.17) is 4.74 Å². The minimum atomic E-state index is -1.10. The molecular weight excluding hydrogens is 492 g/mol. The molecular formula is C27H29F2N7O2. The van der Waals surface area contributed by atoms with Crippen molar-refractivity contribution in [2.75, 3.05) is 36.9 Å². The van der Waals surface area contributed by atoms with Gasteiger partial charge in [0.15, 0.2) is 17.5 Å². The fourth-order valence-corrected chi connectivity index (χ4v) is 4.47. The highest BCUT2D eigenvalue weighted by Gasteiger charge is 2.14. The van der Waals surface area contributed by atoms with E-state index >= 15 is 0 Å². The fraction of sp³-hybridized carbons (Fsp3) is 0.333. The Labute approximate surface area is 218 Å². The van der Waals surface area contributed by atoms with Crippen molar-refractivity contribution in [2.45, 2.75) is 32.1 Å². The SMILES string of the molecule is O=C(Cc1cc(Nc2ncnc3cc(OCCCCN4CCCC4)ccc23)n[nH]1)Nc1cccc(F)c1F. The maximum atomic E-state index is 13.8. The molecule has 38 heavy (non-hydrogen) atoms. The van der Waals surface area contributed by atoms with Crippen LogP contribution in [0.1, 0.15) is 31.4 Å². The lowest BCUT2D eigenvalue weighted by Gasteiger charge is -2.14. The molecule has 3 N–H and O–H groups in total. The molecule has 1 aliphatic heterocycles. The van der Waals surface area contributed by atoms with Crippen LogP contribution in [0.25, 0.3) is 10.9 Å². The lowest BCUT2D eigenvalue weighted by atomic mass is 10.2. The zero-order valence-electron chi connectivity index (χ0n) is 20.8. The summed E-state index contributed by atoms with van der Waals surface area (Å²) < 4.78 is 33.1. The number of carbonyl (C=O) groups is 1. The molecule has 11 heteroatoms. The summed E-state index contributed by atoms with van der Waals surface area (Å²) >= 11 is 0. The van der Waals surface area contributed by atoms with E-state index in [0.717, 1.165) is 42.1 Å². The molecule has 9 nitrogen and oxygen atoms in total. The molecule has 3 heterocycles. The van der Waals surface area contributed by atoms with Crippen molar-refractivity contribution in [3.05, 3.63) is 66.1 Å². The Balaban J connectivity index is 1.15. The topological polar surface area (TPSA) is 108 Å². The summed E-state index contributed by atoms with van der Waals surface area (Å²) in [5.41, 5.74) is 0.996. The molecule has 0 unspecified atom stereocenters. The zero-order chi connectivity index (χ0) is 26.3. The number of aromatic amines is 1. The summed E-state index contributed by atoms with van der Waals surface area (Å²) in [5, 5.41) is 13.2. The first-order valence-corrected chi connectivity index (χ1v) is 12.7. The molecule has 1 saturated heterocycles. The van der Waals surface area contributed by atoms with Gasteiger partial charge in [-0.05, 0) is 69.6 Å². The fourth-order valence-electron chi connectivity index (χ4n) is 4.47. The van der Waals surface area contributed by atoms with E-state index in [0.29, 0.717) is 23.9 Å². The number of nitrogens with zero attached hydrogens (tertiary/aromatic N) is 4. The molecule has 0 spiro atoms. The number of unbranched alkanes of at least 4 members (excludes halogenated alkanes) is 1. The number of fused-ring (bicyclic) bond motifs is 1. The van der Waals surface area contributed by atoms with Gasteiger partial charge in [0.1, 0.15) is 17.9 Å². The number of halogens is 2. The van der Waals surface area contributed by atoms with E-state index in [2.05, 4.69) is 35.7 Å². The third-order valence-electron chi connectivity index (χ3n) is 6.40. The Bertz CT molecular complexity index is 1410. The van der Waals surface area contributed by atoms with Crippen molar-refractivity contribution in [1.82, 2.24) is 25.1 Å². The number of benzene rings is 2. The van der Waals surface area contributed by atoms with Gasteiger partial charge in [0, 0.05) is 23.2 Å². The first-order chi connectivity index (χ1) is 18.5. The molecule has 4 aromatic rings. The van der Waals surface area contributed by atoms with Crippen molar-refractivity contribution >= 4 is 34.1 Å². The summed E-state index contributed by atoms with van der Waals surface area (Å²) in [7, 11) is 0. The highest BCUT2D eigenvalue weighted by atomic mass is 19.2. The van der Waals surface area contributed by atoms with Crippen LogP contribution in [0, 0.1) is 11.6 Å². The highest BCUT2D eigenvalue weighted by molar-refractivity contribution is 5.93. The Hall–Kier alpha value is -4.12. The van der Waals surface area contributed by atoms with Crippen molar-refractivity contribution in [3.63, 3.8) is 0 Å². The predicted octanol–water partition coefficient (Wildman–Crippen LogP) is 4.81. The second kappa shape index (κ2) is 12.0. The number of rotatable bonds is 11. The van der Waals surface area contributed by atoms with Gasteiger partial charge in [0.25, 0.3) is 0 Å². The number of anilines is 3. The largest absolute Gasteiger partial charge is 0.494 e. The van der Waals surface area contributed by atoms with E-state index < -0.39 is 17.5 Å². The molecule has 2 aromatic carbocycles. The van der Waals surface area contributed by atoms with Crippen LogP contribution in [0.3, 0.4) is 0 Å². The molecule has 1 aliphatic rings. The normalized spacial score (nSPS) is 13.6. The molecule has 1 fully saturated rings. The Kier molecular flexibility index (Phi) is 8.03. The van der Waals surface area contributed by atoms with E-state index in [1.807, 2.05) is 18.2 Å². The second-order valence-corrected chi connectivity index (χ2v) is 9.24. The number of carbonyl (C=O) groups excluding carboxylic acids is 1. The van der Waals surface area contributed by atoms with Crippen LogP contribution in [0.15, 0.2) is 48.8 Å². The number of nitrogens with one attached hydrogen (secondary N) is 3. The first kappa shape index (κ1) is 25.5. The minimum absolute atomic E-state index is 0.103. The average Bonchev–Trinajstić information content (AvgIpc) is 3.59. The quantitative estimate of drug-likeness (QED) is 0.243. The van der Waals surface area contributed by atoms with Crippen LogP contribution >= 0.6 is 0 Å². The summed E-state index contributed by atoms with van der Waals surface area (Å²) in [6.07, 6.45) is 6.10. The van der Waals surface area contributed by atoms with E-state index in [1.54, 1.807) is 6.07 Å². The second-order valence-electron chi connectivity index (χ2n) is 9.24. The van der Waals surface area contributed by atoms with E-state index in [-0.39, 0.29) is 12.1 Å². The van der Waals surface area contributed by atoms with Crippen molar-refractivity contribution in [3.8, 4) is 5.75 Å². The van der Waals surface area contributed by atoms with Crippen LogP contribution in [0.4, 0.5) is 26.1 Å². The maximum Gasteiger partial charge on any atom is 0.230 e. The van der Waals surface area contributed by atoms with E-state index in [9.17, 15) is 13.6 Å². The van der Waals surface area contributed by atoms with Gasteiger partial charge in [-0.25, -0.2) is 18.7 Å². The lowest BCUT2D eigenvalue weighted by molar-refractivity contribution is -0.115. The lowest BCUT2D eigenvalue weighted by Crippen LogP contribution is -2.20. The molecule has 0 atom stereocenters. The zero-order valence-corrected chi connectivity index (χ0v) is 20.8. The average molecular weight is 522 g/mol. The smallest absolute Gasteiger partial charge is 0.230 e. The molecule has 0 bridgehead atoms. The Morgan fingerprint density at radius 2 is 1.95 bits per heavy atom. The van der Waals surface area contributed by atoms with Crippen LogP contribution in [-0.2, 0) is 11.2 Å². The monoisotopic (exact) mass is 521 g/mol. The molecule has 2 aromatic heterocycles. The summed E-state index contributed by atoms with van der Waals surface area (Å²) in [6, 6.07) is 10.9. The molecule has 0 aliphatic carbocycles. The van der Waals surface area contributed by atoms with Gasteiger partial charge >= 0.3 is 0 Å². The van der Waals surface area contributed by atoms with Crippen molar-refractivity contribution in [1.29, 1.82) is 0 Å². The van der Waals surface area contributed by atoms with Gasteiger partial charge in [-0.3, -0.25) is 9.89 Å². The third kappa shape index (κ3) is 6.41. The van der Waals surface area contributed by atoms with Crippen LogP contribution in [0.2, 0.25) is 0 Å². The van der Waals surface area contributed by atoms with Gasteiger partial charge in [0.2, 0.25) is 5.91 Å². The Morgan fingerprint density at radius 3 is 2.82 bits per heavy atom. The summed E-state index contributed by atoms with van der Waals surface area (Å²) in [5.74, 6) is -0.888. The van der Waals surface area contributed by atoms with E-state index in [1.165, 1.54) is 44.4 Å². The Morgan fingerprint density at radius 1 is 1.08 bits per heavy atom.